The summed E-state index contributed by atoms with van der Waals surface area (Å²) in [4.78, 5) is 0. The summed E-state index contributed by atoms with van der Waals surface area (Å²) in [5.74, 6) is 0.966. The van der Waals surface area contributed by atoms with Crippen LogP contribution in [0.5, 0.6) is 0 Å². The van der Waals surface area contributed by atoms with Gasteiger partial charge in [-0.15, -0.1) is 0 Å². The van der Waals surface area contributed by atoms with Gasteiger partial charge in [0.15, 0.2) is 0 Å². The molecule has 1 fully saturated rings. The average molecular weight is 285 g/mol. The highest BCUT2D eigenvalue weighted by atomic mass is 16.5. The second kappa shape index (κ2) is 6.46. The van der Waals surface area contributed by atoms with Gasteiger partial charge in [-0.05, 0) is 44.4 Å². The van der Waals surface area contributed by atoms with E-state index in [4.69, 9.17) is 9.15 Å². The Morgan fingerprint density at radius 3 is 2.33 bits per heavy atom. The molecule has 0 amide bonds. The summed E-state index contributed by atoms with van der Waals surface area (Å²) in [6.07, 6.45) is 4.42. The molecule has 3 rings (SSSR count). The lowest BCUT2D eigenvalue weighted by Crippen LogP contribution is -2.43. The van der Waals surface area contributed by atoms with Crippen LogP contribution in [0.3, 0.4) is 0 Å². The molecule has 0 bridgehead atoms. The van der Waals surface area contributed by atoms with Crippen LogP contribution in [-0.4, -0.2) is 18.2 Å². The number of hydrogen-bond acceptors (Lipinski definition) is 3. The van der Waals surface area contributed by atoms with Crippen molar-refractivity contribution in [2.75, 3.05) is 0 Å². The smallest absolute Gasteiger partial charge is 0.125 e. The lowest BCUT2D eigenvalue weighted by atomic mass is 9.96. The Hall–Kier alpha value is -1.58. The Morgan fingerprint density at radius 2 is 1.71 bits per heavy atom. The molecular formula is C18H23NO2. The molecule has 0 saturated carbocycles. The molecule has 21 heavy (non-hydrogen) atoms. The zero-order valence-corrected chi connectivity index (χ0v) is 12.7. The van der Waals surface area contributed by atoms with Crippen molar-refractivity contribution in [3.63, 3.8) is 0 Å². The number of rotatable bonds is 4. The standard InChI is InChI=1S/C18H23NO2/c1-13-11-16(12-14(2)21-13)19-18(17-9-6-10-20-17)15-7-4-3-5-8-15/h3-10,13-14,16,18-19H,11-12H2,1-2H3. The molecule has 0 spiro atoms. The largest absolute Gasteiger partial charge is 0.467 e. The molecule has 0 aliphatic carbocycles. The first-order valence-electron chi connectivity index (χ1n) is 7.72. The van der Waals surface area contributed by atoms with Crippen molar-refractivity contribution in [3.8, 4) is 0 Å². The molecule has 1 aromatic heterocycles. The van der Waals surface area contributed by atoms with Gasteiger partial charge in [-0.2, -0.15) is 0 Å². The molecule has 0 radical (unpaired) electrons. The normalized spacial score (nSPS) is 27.4. The van der Waals surface area contributed by atoms with Gasteiger partial charge in [0.1, 0.15) is 5.76 Å². The molecule has 3 atom stereocenters. The van der Waals surface area contributed by atoms with Gasteiger partial charge < -0.3 is 14.5 Å². The number of furan rings is 1. The molecule has 1 aliphatic rings. The van der Waals surface area contributed by atoms with Crippen LogP contribution in [0.25, 0.3) is 0 Å². The number of nitrogens with one attached hydrogen (secondary N) is 1. The number of hydrogen-bond donors (Lipinski definition) is 1. The molecule has 112 valence electrons. The maximum atomic E-state index is 5.83. The van der Waals surface area contributed by atoms with E-state index in [2.05, 4.69) is 43.4 Å². The minimum absolute atomic E-state index is 0.101. The maximum absolute atomic E-state index is 5.83. The molecule has 1 N–H and O–H groups in total. The van der Waals surface area contributed by atoms with E-state index in [1.54, 1.807) is 6.26 Å². The van der Waals surface area contributed by atoms with Crippen molar-refractivity contribution in [3.05, 3.63) is 60.1 Å². The quantitative estimate of drug-likeness (QED) is 0.924. The highest BCUT2D eigenvalue weighted by Gasteiger charge is 2.28. The van der Waals surface area contributed by atoms with Crippen LogP contribution in [0.4, 0.5) is 0 Å². The summed E-state index contributed by atoms with van der Waals surface area (Å²) in [5.41, 5.74) is 1.24. The minimum Gasteiger partial charge on any atom is -0.467 e. The Bertz CT molecular complexity index is 528. The summed E-state index contributed by atoms with van der Waals surface area (Å²) in [6, 6.07) is 15.0. The second-order valence-electron chi connectivity index (χ2n) is 5.95. The molecule has 3 unspecified atom stereocenters. The van der Waals surface area contributed by atoms with E-state index in [1.165, 1.54) is 5.56 Å². The van der Waals surface area contributed by atoms with Crippen molar-refractivity contribution in [1.29, 1.82) is 0 Å². The zero-order valence-electron chi connectivity index (χ0n) is 12.7. The highest BCUT2D eigenvalue weighted by Crippen LogP contribution is 2.27. The zero-order chi connectivity index (χ0) is 14.7. The molecule has 2 aromatic rings. The molecule has 1 aromatic carbocycles. The van der Waals surface area contributed by atoms with Crippen LogP contribution in [0.2, 0.25) is 0 Å². The van der Waals surface area contributed by atoms with E-state index < -0.39 is 0 Å². The van der Waals surface area contributed by atoms with Gasteiger partial charge in [0, 0.05) is 6.04 Å². The fraction of sp³-hybridized carbons (Fsp3) is 0.444. The topological polar surface area (TPSA) is 34.4 Å². The predicted octanol–water partition coefficient (Wildman–Crippen LogP) is 3.91. The van der Waals surface area contributed by atoms with Crippen molar-refractivity contribution in [2.24, 2.45) is 0 Å². The second-order valence-corrected chi connectivity index (χ2v) is 5.95. The molecular weight excluding hydrogens is 262 g/mol. The highest BCUT2D eigenvalue weighted by molar-refractivity contribution is 5.26. The number of ether oxygens (including phenoxy) is 1. The summed E-state index contributed by atoms with van der Waals surface area (Å²) in [5, 5.41) is 3.76. The first kappa shape index (κ1) is 14.4. The fourth-order valence-corrected chi connectivity index (χ4v) is 3.22. The van der Waals surface area contributed by atoms with E-state index in [0.717, 1.165) is 18.6 Å². The lowest BCUT2D eigenvalue weighted by Gasteiger charge is -2.34. The Morgan fingerprint density at radius 1 is 1.00 bits per heavy atom. The monoisotopic (exact) mass is 285 g/mol. The molecule has 1 saturated heterocycles. The molecule has 1 aliphatic heterocycles. The van der Waals surface area contributed by atoms with Gasteiger partial charge in [0.25, 0.3) is 0 Å². The van der Waals surface area contributed by atoms with Crippen LogP contribution < -0.4 is 5.32 Å². The average Bonchev–Trinajstić information content (AvgIpc) is 2.98. The predicted molar refractivity (Wildman–Crippen MR) is 83.2 cm³/mol. The van der Waals surface area contributed by atoms with Crippen LogP contribution in [0.15, 0.2) is 53.1 Å². The van der Waals surface area contributed by atoms with Gasteiger partial charge >= 0.3 is 0 Å². The third-order valence-electron chi connectivity index (χ3n) is 4.06. The van der Waals surface area contributed by atoms with E-state index in [9.17, 15) is 0 Å². The van der Waals surface area contributed by atoms with Gasteiger partial charge in [-0.3, -0.25) is 0 Å². The van der Waals surface area contributed by atoms with Crippen molar-refractivity contribution >= 4 is 0 Å². The van der Waals surface area contributed by atoms with E-state index in [0.29, 0.717) is 18.2 Å². The summed E-state index contributed by atoms with van der Waals surface area (Å²) in [6.45, 7) is 4.30. The van der Waals surface area contributed by atoms with Gasteiger partial charge in [-0.1, -0.05) is 30.3 Å². The maximum Gasteiger partial charge on any atom is 0.125 e. The third kappa shape index (κ3) is 3.55. The van der Waals surface area contributed by atoms with Gasteiger partial charge in [-0.25, -0.2) is 0 Å². The Kier molecular flexibility index (Phi) is 4.42. The van der Waals surface area contributed by atoms with Crippen molar-refractivity contribution in [2.45, 2.75) is 51.0 Å². The summed E-state index contributed by atoms with van der Waals surface area (Å²) < 4.78 is 11.5. The molecule has 3 heteroatoms. The van der Waals surface area contributed by atoms with Gasteiger partial charge in [0.05, 0.1) is 24.5 Å². The lowest BCUT2D eigenvalue weighted by molar-refractivity contribution is -0.0433. The molecule has 3 nitrogen and oxygen atoms in total. The van der Waals surface area contributed by atoms with Crippen molar-refractivity contribution < 1.29 is 9.15 Å². The molecule has 2 heterocycles. The van der Waals surface area contributed by atoms with Crippen LogP contribution in [0, 0.1) is 0 Å². The first-order chi connectivity index (χ1) is 10.2. The van der Waals surface area contributed by atoms with Crippen molar-refractivity contribution in [1.82, 2.24) is 5.32 Å². The van der Waals surface area contributed by atoms with E-state index >= 15 is 0 Å². The van der Waals surface area contributed by atoms with Gasteiger partial charge in [0.2, 0.25) is 0 Å². The number of benzene rings is 1. The Balaban J connectivity index is 1.80. The van der Waals surface area contributed by atoms with Crippen LogP contribution in [-0.2, 0) is 4.74 Å². The summed E-state index contributed by atoms with van der Waals surface area (Å²) in [7, 11) is 0. The van der Waals surface area contributed by atoms with E-state index in [-0.39, 0.29) is 6.04 Å². The summed E-state index contributed by atoms with van der Waals surface area (Å²) >= 11 is 0. The van der Waals surface area contributed by atoms with Crippen LogP contribution >= 0.6 is 0 Å². The Labute approximate surface area is 126 Å². The first-order valence-corrected chi connectivity index (χ1v) is 7.72. The third-order valence-corrected chi connectivity index (χ3v) is 4.06. The van der Waals surface area contributed by atoms with Crippen LogP contribution in [0.1, 0.15) is 44.1 Å². The SMILES string of the molecule is CC1CC(NC(c2ccccc2)c2ccco2)CC(C)O1. The fourth-order valence-electron chi connectivity index (χ4n) is 3.22. The van der Waals surface area contributed by atoms with E-state index in [1.807, 2.05) is 18.2 Å². The minimum atomic E-state index is 0.101.